The Balaban J connectivity index is 2.30. The summed E-state index contributed by atoms with van der Waals surface area (Å²) in [6, 6.07) is 5.98. The van der Waals surface area contributed by atoms with Crippen molar-refractivity contribution in [2.45, 2.75) is 40.2 Å². The minimum atomic E-state index is -1.13. The molecular formula is C18H19N3O4. The number of hydrogen-bond donors (Lipinski definition) is 1. The lowest BCUT2D eigenvalue weighted by Gasteiger charge is -2.07. The number of fused-ring (bicyclic) bond motifs is 1. The number of rotatable bonds is 5. The fraction of sp³-hybridized carbons (Fsp3) is 0.333. The molecule has 130 valence electrons. The zero-order valence-electron chi connectivity index (χ0n) is 14.4. The number of aryl methyl sites for hydroxylation is 3. The van der Waals surface area contributed by atoms with Crippen molar-refractivity contribution in [2.24, 2.45) is 0 Å². The van der Waals surface area contributed by atoms with Crippen LogP contribution in [0.1, 0.15) is 30.2 Å². The normalized spacial score (nSPS) is 11.2. The fourth-order valence-corrected chi connectivity index (χ4v) is 3.02. The van der Waals surface area contributed by atoms with Crippen LogP contribution in [0.25, 0.3) is 22.2 Å². The smallest absolute Gasteiger partial charge is 0.325 e. The summed E-state index contributed by atoms with van der Waals surface area (Å²) < 4.78 is 6.42. The average Bonchev–Trinajstić information content (AvgIpc) is 2.96. The number of carboxylic acid groups (broad SMARTS) is 1. The van der Waals surface area contributed by atoms with Crippen molar-refractivity contribution in [1.29, 1.82) is 0 Å². The molecule has 7 heteroatoms. The van der Waals surface area contributed by atoms with Gasteiger partial charge in [-0.2, -0.15) is 5.10 Å². The topological polar surface area (TPSA) is 98.2 Å². The van der Waals surface area contributed by atoms with Gasteiger partial charge in [0.25, 0.3) is 5.56 Å². The molecule has 1 aromatic carbocycles. The standard InChI is InChI=1S/C18H19N3O4/c1-4-5-13-15-16(18(24)21(19-13)9-14(22)23)20-25-17(15)12-7-10(2)6-11(3)8-12/h6-8H,4-5,9H2,1-3H3,(H,22,23). The Labute approximate surface area is 143 Å². The molecule has 0 aliphatic rings. The van der Waals surface area contributed by atoms with E-state index in [-0.39, 0.29) is 5.52 Å². The molecule has 0 aliphatic heterocycles. The number of carboxylic acids is 1. The number of carbonyl (C=O) groups is 1. The molecule has 0 radical (unpaired) electrons. The summed E-state index contributed by atoms with van der Waals surface area (Å²) in [7, 11) is 0. The van der Waals surface area contributed by atoms with E-state index < -0.39 is 18.1 Å². The minimum Gasteiger partial charge on any atom is -0.480 e. The van der Waals surface area contributed by atoms with Gasteiger partial charge in [-0.05, 0) is 32.4 Å². The molecule has 0 spiro atoms. The van der Waals surface area contributed by atoms with Gasteiger partial charge in [0.15, 0.2) is 11.3 Å². The van der Waals surface area contributed by atoms with E-state index in [2.05, 4.69) is 10.3 Å². The summed E-state index contributed by atoms with van der Waals surface area (Å²) in [6.07, 6.45) is 1.39. The van der Waals surface area contributed by atoms with E-state index in [9.17, 15) is 9.59 Å². The molecular weight excluding hydrogens is 322 g/mol. The lowest BCUT2D eigenvalue weighted by Crippen LogP contribution is -2.28. The Morgan fingerprint density at radius 3 is 2.52 bits per heavy atom. The van der Waals surface area contributed by atoms with Gasteiger partial charge < -0.3 is 9.63 Å². The highest BCUT2D eigenvalue weighted by Gasteiger charge is 2.21. The molecule has 7 nitrogen and oxygen atoms in total. The van der Waals surface area contributed by atoms with E-state index in [1.165, 1.54) is 0 Å². The zero-order chi connectivity index (χ0) is 18.1. The van der Waals surface area contributed by atoms with E-state index in [0.717, 1.165) is 27.8 Å². The van der Waals surface area contributed by atoms with Crippen molar-refractivity contribution in [1.82, 2.24) is 14.9 Å². The number of aromatic nitrogens is 3. The van der Waals surface area contributed by atoms with Gasteiger partial charge >= 0.3 is 5.97 Å². The van der Waals surface area contributed by atoms with Crippen molar-refractivity contribution in [3.05, 3.63) is 45.4 Å². The van der Waals surface area contributed by atoms with E-state index in [0.29, 0.717) is 23.3 Å². The second kappa shape index (κ2) is 6.51. The molecule has 2 heterocycles. The highest BCUT2D eigenvalue weighted by atomic mass is 16.5. The van der Waals surface area contributed by atoms with Crippen LogP contribution in [0.3, 0.4) is 0 Å². The van der Waals surface area contributed by atoms with Crippen LogP contribution in [0.5, 0.6) is 0 Å². The second-order valence-electron chi connectivity index (χ2n) is 6.16. The molecule has 3 aromatic rings. The molecule has 0 aliphatic carbocycles. The first-order valence-electron chi connectivity index (χ1n) is 8.10. The summed E-state index contributed by atoms with van der Waals surface area (Å²) in [5.41, 5.74) is 3.15. The summed E-state index contributed by atoms with van der Waals surface area (Å²) in [5, 5.41) is 17.7. The Kier molecular flexibility index (Phi) is 4.39. The monoisotopic (exact) mass is 341 g/mol. The van der Waals surface area contributed by atoms with Crippen molar-refractivity contribution in [2.75, 3.05) is 0 Å². The predicted octanol–water partition coefficient (Wildman–Crippen LogP) is 2.71. The molecule has 0 bridgehead atoms. The Morgan fingerprint density at radius 1 is 1.24 bits per heavy atom. The van der Waals surface area contributed by atoms with Crippen molar-refractivity contribution in [3.8, 4) is 11.3 Å². The van der Waals surface area contributed by atoms with E-state index in [4.69, 9.17) is 9.63 Å². The summed E-state index contributed by atoms with van der Waals surface area (Å²) >= 11 is 0. The van der Waals surface area contributed by atoms with Gasteiger partial charge in [-0.25, -0.2) is 4.68 Å². The van der Waals surface area contributed by atoms with Crippen LogP contribution in [0.4, 0.5) is 0 Å². The third-order valence-corrected chi connectivity index (χ3v) is 3.91. The minimum absolute atomic E-state index is 0.119. The van der Waals surface area contributed by atoms with Gasteiger partial charge in [-0.15, -0.1) is 0 Å². The van der Waals surface area contributed by atoms with Crippen LogP contribution in [-0.2, 0) is 17.8 Å². The van der Waals surface area contributed by atoms with Crippen LogP contribution in [0.2, 0.25) is 0 Å². The lowest BCUT2D eigenvalue weighted by molar-refractivity contribution is -0.138. The highest BCUT2D eigenvalue weighted by Crippen LogP contribution is 2.30. The lowest BCUT2D eigenvalue weighted by atomic mass is 10.0. The summed E-state index contributed by atoms with van der Waals surface area (Å²) in [6.45, 7) is 5.46. The van der Waals surface area contributed by atoms with Crippen LogP contribution in [0, 0.1) is 13.8 Å². The van der Waals surface area contributed by atoms with E-state index in [1.807, 2.05) is 39.0 Å². The maximum Gasteiger partial charge on any atom is 0.325 e. The molecule has 0 saturated carbocycles. The molecule has 0 fully saturated rings. The molecule has 2 aromatic heterocycles. The number of benzene rings is 1. The number of nitrogens with zero attached hydrogens (tertiary/aromatic N) is 3. The molecule has 3 rings (SSSR count). The van der Waals surface area contributed by atoms with Crippen molar-refractivity contribution < 1.29 is 14.4 Å². The first kappa shape index (κ1) is 16.9. The Morgan fingerprint density at radius 2 is 1.92 bits per heavy atom. The average molecular weight is 341 g/mol. The molecule has 0 atom stereocenters. The molecule has 0 amide bonds. The molecule has 25 heavy (non-hydrogen) atoms. The molecule has 0 unspecified atom stereocenters. The van der Waals surface area contributed by atoms with Gasteiger partial charge in [-0.3, -0.25) is 9.59 Å². The Hall–Kier alpha value is -2.96. The van der Waals surface area contributed by atoms with Gasteiger partial charge in [0, 0.05) is 5.56 Å². The van der Waals surface area contributed by atoms with E-state index >= 15 is 0 Å². The van der Waals surface area contributed by atoms with Crippen molar-refractivity contribution >= 4 is 16.9 Å². The SMILES string of the molecule is CCCc1nn(CC(=O)O)c(=O)c2noc(-c3cc(C)cc(C)c3)c12. The molecule has 0 saturated heterocycles. The summed E-state index contributed by atoms with van der Waals surface area (Å²) in [4.78, 5) is 23.5. The van der Waals surface area contributed by atoms with Crippen LogP contribution in [0.15, 0.2) is 27.5 Å². The first-order valence-corrected chi connectivity index (χ1v) is 8.10. The largest absolute Gasteiger partial charge is 0.480 e. The maximum atomic E-state index is 12.5. The van der Waals surface area contributed by atoms with Crippen LogP contribution < -0.4 is 5.56 Å². The third kappa shape index (κ3) is 3.17. The van der Waals surface area contributed by atoms with Gasteiger partial charge in [0.1, 0.15) is 6.54 Å². The first-order chi connectivity index (χ1) is 11.9. The van der Waals surface area contributed by atoms with E-state index in [1.54, 1.807) is 0 Å². The maximum absolute atomic E-state index is 12.5. The summed E-state index contributed by atoms with van der Waals surface area (Å²) in [5.74, 6) is -0.633. The quantitative estimate of drug-likeness (QED) is 0.766. The third-order valence-electron chi connectivity index (χ3n) is 3.91. The predicted molar refractivity (Wildman–Crippen MR) is 92.6 cm³/mol. The van der Waals surface area contributed by atoms with Crippen LogP contribution in [-0.4, -0.2) is 26.0 Å². The second-order valence-corrected chi connectivity index (χ2v) is 6.16. The van der Waals surface area contributed by atoms with Crippen molar-refractivity contribution in [3.63, 3.8) is 0 Å². The van der Waals surface area contributed by atoms with Gasteiger partial charge in [0.2, 0.25) is 0 Å². The van der Waals surface area contributed by atoms with Gasteiger partial charge in [0.05, 0.1) is 11.1 Å². The fourth-order valence-electron chi connectivity index (χ4n) is 3.02. The van der Waals surface area contributed by atoms with Gasteiger partial charge in [-0.1, -0.05) is 35.7 Å². The zero-order valence-corrected chi connectivity index (χ0v) is 14.4. The highest BCUT2D eigenvalue weighted by molar-refractivity contribution is 5.93. The number of hydrogen-bond acceptors (Lipinski definition) is 5. The number of aliphatic carboxylic acids is 1. The van der Waals surface area contributed by atoms with Crippen LogP contribution >= 0.6 is 0 Å². The molecule has 1 N–H and O–H groups in total. The Bertz CT molecular complexity index is 997.